The van der Waals surface area contributed by atoms with Gasteiger partial charge in [0.15, 0.2) is 6.61 Å². The van der Waals surface area contributed by atoms with Crippen LogP contribution in [0.2, 0.25) is 0 Å². The zero-order valence-electron chi connectivity index (χ0n) is 16.4. The minimum atomic E-state index is -1.09. The summed E-state index contributed by atoms with van der Waals surface area (Å²) in [4.78, 5) is 37.9. The molecule has 0 aromatic heterocycles. The van der Waals surface area contributed by atoms with E-state index in [-0.39, 0.29) is 17.7 Å². The molecule has 1 fully saturated rings. The van der Waals surface area contributed by atoms with E-state index in [1.807, 2.05) is 42.5 Å². The SMILES string of the molecule is O=C(O)COc1c(Br)cc(/C=C2/SC(=O)N(Cc3cccc4ccccc34)C2=O)cc1Br. The summed E-state index contributed by atoms with van der Waals surface area (Å²) in [5.41, 5.74) is 1.55. The van der Waals surface area contributed by atoms with E-state index in [0.717, 1.165) is 28.1 Å². The van der Waals surface area contributed by atoms with Crippen LogP contribution in [-0.2, 0) is 16.1 Å². The van der Waals surface area contributed by atoms with Crippen LogP contribution in [0.5, 0.6) is 5.75 Å². The molecule has 0 bridgehead atoms. The Bertz CT molecular complexity index is 1260. The Morgan fingerprint density at radius 3 is 2.47 bits per heavy atom. The number of fused-ring (bicyclic) bond motifs is 1. The van der Waals surface area contributed by atoms with Crippen LogP contribution in [0.3, 0.4) is 0 Å². The molecule has 162 valence electrons. The lowest BCUT2D eigenvalue weighted by atomic mass is 10.0. The van der Waals surface area contributed by atoms with Crippen LogP contribution in [0.15, 0.2) is 68.4 Å². The van der Waals surface area contributed by atoms with Gasteiger partial charge in [0.25, 0.3) is 11.1 Å². The topological polar surface area (TPSA) is 83.9 Å². The number of aliphatic carboxylic acids is 1. The quantitative estimate of drug-likeness (QED) is 0.359. The fourth-order valence-electron chi connectivity index (χ4n) is 3.32. The van der Waals surface area contributed by atoms with Gasteiger partial charge in [-0.2, -0.15) is 0 Å². The molecule has 1 saturated heterocycles. The van der Waals surface area contributed by atoms with Crippen LogP contribution < -0.4 is 4.74 Å². The number of ether oxygens (including phenoxy) is 1. The van der Waals surface area contributed by atoms with Crippen molar-refractivity contribution in [1.29, 1.82) is 0 Å². The number of imide groups is 1. The average Bonchev–Trinajstić information content (AvgIpc) is 3.00. The maximum absolute atomic E-state index is 13.0. The van der Waals surface area contributed by atoms with Crippen molar-refractivity contribution in [3.8, 4) is 5.75 Å². The van der Waals surface area contributed by atoms with Gasteiger partial charge in [0.05, 0.1) is 20.4 Å². The van der Waals surface area contributed by atoms with Crippen molar-refractivity contribution in [2.45, 2.75) is 6.54 Å². The molecule has 0 aliphatic carbocycles. The third-order valence-electron chi connectivity index (χ3n) is 4.74. The highest BCUT2D eigenvalue weighted by Crippen LogP contribution is 2.38. The molecule has 0 saturated carbocycles. The normalized spacial score (nSPS) is 15.1. The van der Waals surface area contributed by atoms with Gasteiger partial charge in [-0.25, -0.2) is 4.79 Å². The Morgan fingerprint density at radius 1 is 1.06 bits per heavy atom. The summed E-state index contributed by atoms with van der Waals surface area (Å²) in [6.07, 6.45) is 1.63. The van der Waals surface area contributed by atoms with E-state index in [2.05, 4.69) is 31.9 Å². The number of nitrogens with zero attached hydrogens (tertiary/aromatic N) is 1. The standard InChI is InChI=1S/C23H15Br2NO5S/c24-17-8-13(9-18(25)21(17)31-12-20(27)28)10-19-22(29)26(23(30)32-19)11-15-6-3-5-14-4-1-2-7-16(14)15/h1-10H,11-12H2,(H,27,28)/b19-10+. The highest BCUT2D eigenvalue weighted by Gasteiger charge is 2.35. The third kappa shape index (κ3) is 4.74. The van der Waals surface area contributed by atoms with Crippen molar-refractivity contribution < 1.29 is 24.2 Å². The van der Waals surface area contributed by atoms with Crippen molar-refractivity contribution in [3.63, 3.8) is 0 Å². The van der Waals surface area contributed by atoms with E-state index in [1.165, 1.54) is 4.90 Å². The number of hydrogen-bond donors (Lipinski definition) is 1. The lowest BCUT2D eigenvalue weighted by Crippen LogP contribution is -2.27. The first-order valence-corrected chi connectivity index (χ1v) is 11.8. The van der Waals surface area contributed by atoms with Crippen LogP contribution in [0.4, 0.5) is 4.79 Å². The van der Waals surface area contributed by atoms with Crippen LogP contribution in [0.25, 0.3) is 16.8 Å². The molecular weight excluding hydrogens is 562 g/mol. The number of carboxylic acids is 1. The van der Waals surface area contributed by atoms with Crippen molar-refractivity contribution in [2.24, 2.45) is 0 Å². The van der Waals surface area contributed by atoms with Crippen molar-refractivity contribution in [1.82, 2.24) is 4.90 Å². The lowest BCUT2D eigenvalue weighted by molar-refractivity contribution is -0.139. The van der Waals surface area contributed by atoms with E-state index in [1.54, 1.807) is 18.2 Å². The van der Waals surface area contributed by atoms with E-state index in [4.69, 9.17) is 9.84 Å². The molecule has 32 heavy (non-hydrogen) atoms. The smallest absolute Gasteiger partial charge is 0.341 e. The highest BCUT2D eigenvalue weighted by molar-refractivity contribution is 9.11. The largest absolute Gasteiger partial charge is 0.480 e. The first-order valence-electron chi connectivity index (χ1n) is 9.39. The molecule has 0 unspecified atom stereocenters. The van der Waals surface area contributed by atoms with Gasteiger partial charge in [-0.1, -0.05) is 42.5 Å². The minimum Gasteiger partial charge on any atom is -0.480 e. The number of benzene rings is 3. The summed E-state index contributed by atoms with van der Waals surface area (Å²) in [6.45, 7) is -0.289. The molecule has 9 heteroatoms. The second-order valence-corrected chi connectivity index (χ2v) is 9.60. The molecule has 0 atom stereocenters. The fraction of sp³-hybridized carbons (Fsp3) is 0.0870. The second-order valence-electron chi connectivity index (χ2n) is 6.90. The summed E-state index contributed by atoms with van der Waals surface area (Å²) >= 11 is 7.60. The van der Waals surface area contributed by atoms with Crippen molar-refractivity contribution >= 4 is 77.6 Å². The summed E-state index contributed by atoms with van der Waals surface area (Å²) in [5, 5.41) is 10.5. The molecule has 3 aromatic carbocycles. The molecule has 3 aromatic rings. The number of amides is 2. The minimum absolute atomic E-state index is 0.193. The predicted octanol–water partition coefficient (Wildman–Crippen LogP) is 6.06. The molecule has 1 heterocycles. The maximum atomic E-state index is 13.0. The molecule has 0 radical (unpaired) electrons. The monoisotopic (exact) mass is 575 g/mol. The van der Waals surface area contributed by atoms with Crippen molar-refractivity contribution in [3.05, 3.63) is 79.6 Å². The molecule has 2 amide bonds. The zero-order chi connectivity index (χ0) is 22.8. The predicted molar refractivity (Wildman–Crippen MR) is 130 cm³/mol. The van der Waals surface area contributed by atoms with Gasteiger partial charge < -0.3 is 9.84 Å². The number of carboxylic acid groups (broad SMARTS) is 1. The number of carbonyl (C=O) groups excluding carboxylic acids is 2. The Labute approximate surface area is 204 Å². The second kappa shape index (κ2) is 9.48. The first-order chi connectivity index (χ1) is 15.3. The van der Waals surface area contributed by atoms with Crippen LogP contribution in [-0.4, -0.2) is 33.7 Å². The Balaban J connectivity index is 1.58. The highest BCUT2D eigenvalue weighted by atomic mass is 79.9. The summed E-state index contributed by atoms with van der Waals surface area (Å²) in [7, 11) is 0. The van der Waals surface area contributed by atoms with Gasteiger partial charge in [0.1, 0.15) is 5.75 Å². The van der Waals surface area contributed by atoms with Crippen LogP contribution in [0.1, 0.15) is 11.1 Å². The van der Waals surface area contributed by atoms with E-state index in [9.17, 15) is 14.4 Å². The summed E-state index contributed by atoms with van der Waals surface area (Å²) in [6, 6.07) is 17.1. The fourth-order valence-corrected chi connectivity index (χ4v) is 5.61. The average molecular weight is 577 g/mol. The molecular formula is C23H15Br2NO5S. The summed E-state index contributed by atoms with van der Waals surface area (Å²) in [5.74, 6) is -1.10. The number of halogens is 2. The number of rotatable bonds is 6. The Kier molecular flexibility index (Phi) is 6.68. The molecule has 0 spiro atoms. The molecule has 1 N–H and O–H groups in total. The van der Waals surface area contributed by atoms with Gasteiger partial charge in [0, 0.05) is 0 Å². The molecule has 6 nitrogen and oxygen atoms in total. The Hall–Kier alpha value is -2.62. The third-order valence-corrected chi connectivity index (χ3v) is 6.83. The van der Waals surface area contributed by atoms with Gasteiger partial charge in [-0.3, -0.25) is 14.5 Å². The number of thioether (sulfide) groups is 1. The first kappa shape index (κ1) is 22.6. The number of carbonyl (C=O) groups is 3. The molecule has 1 aliphatic heterocycles. The van der Waals surface area contributed by atoms with Gasteiger partial charge >= 0.3 is 5.97 Å². The maximum Gasteiger partial charge on any atom is 0.341 e. The zero-order valence-corrected chi connectivity index (χ0v) is 20.4. The van der Waals surface area contributed by atoms with Gasteiger partial charge in [-0.15, -0.1) is 0 Å². The van der Waals surface area contributed by atoms with Crippen molar-refractivity contribution in [2.75, 3.05) is 6.61 Å². The van der Waals surface area contributed by atoms with Gasteiger partial charge in [-0.05, 0) is 83.7 Å². The van der Waals surface area contributed by atoms with Gasteiger partial charge in [0.2, 0.25) is 0 Å². The summed E-state index contributed by atoms with van der Waals surface area (Å²) < 4.78 is 6.31. The number of hydrogen-bond acceptors (Lipinski definition) is 5. The van der Waals surface area contributed by atoms with Crippen LogP contribution in [0, 0.1) is 0 Å². The molecule has 1 aliphatic rings. The van der Waals surface area contributed by atoms with Crippen LogP contribution >= 0.6 is 43.6 Å². The van der Waals surface area contributed by atoms with E-state index < -0.39 is 12.6 Å². The van der Waals surface area contributed by atoms with E-state index >= 15 is 0 Å². The van der Waals surface area contributed by atoms with E-state index in [0.29, 0.717) is 25.2 Å². The molecule has 4 rings (SSSR count). The Morgan fingerprint density at radius 2 is 1.75 bits per heavy atom. The lowest BCUT2D eigenvalue weighted by Gasteiger charge is -2.14.